The Kier molecular flexibility index (Phi) is 7.41. The predicted molar refractivity (Wildman–Crippen MR) is 133 cm³/mol. The standard InChI is InChI=1S/C24H23Cl2FN4O3/c1-14(21-19(25)6-7-20(27)22(21)26)29-16-12-18(23(32)28-13-16)24(33)30-15-2-4-17(5-3-15)31-8-10-34-11-9-31/h2-7,12-14,29H,8-11H2,1H3,(H,28,32)(H,30,33)/t14-/m1/s1. The highest BCUT2D eigenvalue weighted by Crippen LogP contribution is 2.34. The molecule has 3 aromatic rings. The van der Waals surface area contributed by atoms with Crippen molar-refractivity contribution in [1.29, 1.82) is 0 Å². The van der Waals surface area contributed by atoms with Gasteiger partial charge < -0.3 is 25.3 Å². The van der Waals surface area contributed by atoms with Crippen LogP contribution in [0.4, 0.5) is 21.5 Å². The van der Waals surface area contributed by atoms with Crippen LogP contribution in [0, 0.1) is 5.82 Å². The van der Waals surface area contributed by atoms with E-state index >= 15 is 0 Å². The lowest BCUT2D eigenvalue weighted by atomic mass is 10.1. The third kappa shape index (κ3) is 5.35. The van der Waals surface area contributed by atoms with Crippen molar-refractivity contribution in [2.45, 2.75) is 13.0 Å². The van der Waals surface area contributed by atoms with Gasteiger partial charge in [-0.1, -0.05) is 23.2 Å². The number of ether oxygens (including phenoxy) is 1. The highest BCUT2D eigenvalue weighted by molar-refractivity contribution is 6.36. The Hall–Kier alpha value is -3.07. The van der Waals surface area contributed by atoms with Gasteiger partial charge in [0.2, 0.25) is 0 Å². The van der Waals surface area contributed by atoms with E-state index in [1.54, 1.807) is 19.1 Å². The lowest BCUT2D eigenvalue weighted by Gasteiger charge is -2.28. The molecule has 2 heterocycles. The number of halogens is 3. The number of amides is 1. The number of morpholine rings is 1. The van der Waals surface area contributed by atoms with Crippen molar-refractivity contribution in [3.8, 4) is 0 Å². The van der Waals surface area contributed by atoms with Crippen LogP contribution in [0.3, 0.4) is 0 Å². The summed E-state index contributed by atoms with van der Waals surface area (Å²) in [5, 5.41) is 6.05. The van der Waals surface area contributed by atoms with E-state index in [1.807, 2.05) is 12.1 Å². The molecule has 34 heavy (non-hydrogen) atoms. The molecule has 1 atom stereocenters. The highest BCUT2D eigenvalue weighted by atomic mass is 35.5. The topological polar surface area (TPSA) is 86.5 Å². The zero-order valence-electron chi connectivity index (χ0n) is 18.3. The van der Waals surface area contributed by atoms with Crippen molar-refractivity contribution < 1.29 is 13.9 Å². The fourth-order valence-electron chi connectivity index (χ4n) is 3.77. The van der Waals surface area contributed by atoms with Crippen LogP contribution >= 0.6 is 23.2 Å². The molecular weight excluding hydrogens is 482 g/mol. The number of hydrogen-bond acceptors (Lipinski definition) is 5. The van der Waals surface area contributed by atoms with Gasteiger partial charge in [-0.3, -0.25) is 9.59 Å². The fourth-order valence-corrected chi connectivity index (χ4v) is 4.47. The van der Waals surface area contributed by atoms with Crippen LogP contribution < -0.4 is 21.1 Å². The minimum atomic E-state index is -0.587. The minimum absolute atomic E-state index is 0.0779. The van der Waals surface area contributed by atoms with Gasteiger partial charge in [-0.2, -0.15) is 0 Å². The number of carbonyl (C=O) groups excluding carboxylic acids is 1. The molecule has 0 bridgehead atoms. The summed E-state index contributed by atoms with van der Waals surface area (Å²) in [6.45, 7) is 4.73. The number of benzene rings is 2. The van der Waals surface area contributed by atoms with Crippen molar-refractivity contribution in [2.24, 2.45) is 0 Å². The average Bonchev–Trinajstić information content (AvgIpc) is 2.84. The average molecular weight is 505 g/mol. The summed E-state index contributed by atoms with van der Waals surface area (Å²) in [4.78, 5) is 29.9. The van der Waals surface area contributed by atoms with Gasteiger partial charge in [-0.05, 0) is 49.4 Å². The Morgan fingerprint density at radius 1 is 1.12 bits per heavy atom. The van der Waals surface area contributed by atoms with Crippen LogP contribution in [0.25, 0.3) is 0 Å². The van der Waals surface area contributed by atoms with Crippen LogP contribution in [0.2, 0.25) is 10.0 Å². The van der Waals surface area contributed by atoms with Crippen molar-refractivity contribution in [3.63, 3.8) is 0 Å². The molecule has 0 aliphatic carbocycles. The molecule has 0 radical (unpaired) electrons. The van der Waals surface area contributed by atoms with E-state index in [0.29, 0.717) is 35.2 Å². The Labute approximate surface area is 205 Å². The Morgan fingerprint density at radius 2 is 1.82 bits per heavy atom. The lowest BCUT2D eigenvalue weighted by molar-refractivity contribution is 0.102. The van der Waals surface area contributed by atoms with E-state index in [2.05, 4.69) is 20.5 Å². The van der Waals surface area contributed by atoms with Gasteiger partial charge >= 0.3 is 0 Å². The molecule has 1 aliphatic rings. The first-order valence-corrected chi connectivity index (χ1v) is 11.5. The number of carbonyl (C=O) groups is 1. The van der Waals surface area contributed by atoms with Gasteiger partial charge in [-0.15, -0.1) is 0 Å². The number of aromatic amines is 1. The molecule has 0 spiro atoms. The summed E-state index contributed by atoms with van der Waals surface area (Å²) in [5.41, 5.74) is 1.80. The number of nitrogens with zero attached hydrogens (tertiary/aromatic N) is 1. The molecule has 2 aromatic carbocycles. The van der Waals surface area contributed by atoms with Crippen molar-refractivity contribution in [2.75, 3.05) is 41.8 Å². The molecule has 1 aliphatic heterocycles. The van der Waals surface area contributed by atoms with E-state index in [4.69, 9.17) is 27.9 Å². The summed E-state index contributed by atoms with van der Waals surface area (Å²) in [7, 11) is 0. The molecule has 1 amide bonds. The Morgan fingerprint density at radius 3 is 2.53 bits per heavy atom. The third-order valence-electron chi connectivity index (χ3n) is 5.54. The van der Waals surface area contributed by atoms with Crippen LogP contribution in [-0.4, -0.2) is 37.2 Å². The molecule has 0 saturated carbocycles. The van der Waals surface area contributed by atoms with Gasteiger partial charge in [0.05, 0.1) is 30.0 Å². The maximum absolute atomic E-state index is 13.9. The van der Waals surface area contributed by atoms with Gasteiger partial charge in [-0.25, -0.2) is 4.39 Å². The number of anilines is 3. The predicted octanol–water partition coefficient (Wildman–Crippen LogP) is 5.08. The van der Waals surface area contributed by atoms with E-state index in [9.17, 15) is 14.0 Å². The summed E-state index contributed by atoms with van der Waals surface area (Å²) in [6.07, 6.45) is 1.42. The summed E-state index contributed by atoms with van der Waals surface area (Å²) in [5.74, 6) is -1.14. The third-order valence-corrected chi connectivity index (χ3v) is 6.26. The molecule has 1 aromatic heterocycles. The van der Waals surface area contributed by atoms with Gasteiger partial charge in [0.15, 0.2) is 0 Å². The van der Waals surface area contributed by atoms with E-state index in [0.717, 1.165) is 18.8 Å². The number of hydrogen-bond donors (Lipinski definition) is 3. The van der Waals surface area contributed by atoms with Crippen LogP contribution in [0.1, 0.15) is 28.9 Å². The molecule has 178 valence electrons. The first-order chi connectivity index (χ1) is 16.3. The number of H-pyrrole nitrogens is 1. The first-order valence-electron chi connectivity index (χ1n) is 10.7. The van der Waals surface area contributed by atoms with E-state index in [-0.39, 0.29) is 10.6 Å². The Bertz CT molecular complexity index is 1240. The molecular formula is C24H23Cl2FN4O3. The molecule has 4 rings (SSSR count). The van der Waals surface area contributed by atoms with Crippen molar-refractivity contribution in [3.05, 3.63) is 86.0 Å². The summed E-state index contributed by atoms with van der Waals surface area (Å²) in [6, 6.07) is 10.9. The zero-order chi connectivity index (χ0) is 24.2. The molecule has 1 saturated heterocycles. The van der Waals surface area contributed by atoms with E-state index in [1.165, 1.54) is 24.4 Å². The maximum atomic E-state index is 13.9. The second-order valence-electron chi connectivity index (χ2n) is 7.85. The molecule has 10 heteroatoms. The lowest BCUT2D eigenvalue weighted by Crippen LogP contribution is -2.36. The van der Waals surface area contributed by atoms with Crippen LogP contribution in [0.15, 0.2) is 53.5 Å². The Balaban J connectivity index is 1.48. The first kappa shape index (κ1) is 24.1. The number of aromatic nitrogens is 1. The zero-order valence-corrected chi connectivity index (χ0v) is 19.8. The molecule has 0 unspecified atom stereocenters. The van der Waals surface area contributed by atoms with Gasteiger partial charge in [0.25, 0.3) is 11.5 Å². The largest absolute Gasteiger partial charge is 0.378 e. The monoisotopic (exact) mass is 504 g/mol. The fraction of sp³-hybridized carbons (Fsp3) is 0.250. The van der Waals surface area contributed by atoms with Gasteiger partial charge in [0.1, 0.15) is 11.4 Å². The number of nitrogens with one attached hydrogen (secondary N) is 3. The minimum Gasteiger partial charge on any atom is -0.378 e. The van der Waals surface area contributed by atoms with Gasteiger partial charge in [0, 0.05) is 41.2 Å². The van der Waals surface area contributed by atoms with Crippen LogP contribution in [0.5, 0.6) is 0 Å². The summed E-state index contributed by atoms with van der Waals surface area (Å²) < 4.78 is 19.3. The van der Waals surface area contributed by atoms with Crippen LogP contribution in [-0.2, 0) is 4.74 Å². The maximum Gasteiger partial charge on any atom is 0.261 e. The van der Waals surface area contributed by atoms with E-state index < -0.39 is 23.3 Å². The smallest absolute Gasteiger partial charge is 0.261 e. The number of rotatable bonds is 6. The SMILES string of the molecule is C[C@@H](Nc1c[nH]c(=O)c(C(=O)Nc2ccc(N3CCOCC3)cc2)c1)c1c(Cl)ccc(F)c1Cl. The second-order valence-corrected chi connectivity index (χ2v) is 8.64. The molecule has 1 fully saturated rings. The quantitative estimate of drug-likeness (QED) is 0.407. The highest BCUT2D eigenvalue weighted by Gasteiger charge is 2.19. The number of pyridine rings is 1. The summed E-state index contributed by atoms with van der Waals surface area (Å²) >= 11 is 12.3. The molecule has 7 nitrogen and oxygen atoms in total. The van der Waals surface area contributed by atoms with Crippen molar-refractivity contribution >= 4 is 46.2 Å². The van der Waals surface area contributed by atoms with Crippen molar-refractivity contribution in [1.82, 2.24) is 4.98 Å². The normalized spacial score (nSPS) is 14.5. The molecule has 3 N–H and O–H groups in total. The second kappa shape index (κ2) is 10.5.